The van der Waals surface area contributed by atoms with Crippen molar-refractivity contribution in [3.05, 3.63) is 35.6 Å². The van der Waals surface area contributed by atoms with Crippen molar-refractivity contribution < 1.29 is 9.13 Å². The van der Waals surface area contributed by atoms with Crippen LogP contribution in [0.2, 0.25) is 0 Å². The summed E-state index contributed by atoms with van der Waals surface area (Å²) in [5.74, 6) is 0.508. The molecule has 88 valence electrons. The summed E-state index contributed by atoms with van der Waals surface area (Å²) in [5, 5.41) is 0.640. The monoisotopic (exact) mass is 286 g/mol. The molecule has 0 aromatic heterocycles. The van der Waals surface area contributed by atoms with Crippen LogP contribution in [0.15, 0.2) is 24.3 Å². The minimum absolute atomic E-state index is 0.165. The second-order valence-electron chi connectivity index (χ2n) is 4.29. The van der Waals surface area contributed by atoms with Gasteiger partial charge in [0.2, 0.25) is 0 Å². The minimum Gasteiger partial charge on any atom is -0.372 e. The third-order valence-corrected chi connectivity index (χ3v) is 3.74. The van der Waals surface area contributed by atoms with Crippen molar-refractivity contribution in [2.24, 2.45) is 5.92 Å². The Morgan fingerprint density at radius 1 is 1.38 bits per heavy atom. The molecule has 2 rings (SSSR count). The first kappa shape index (κ1) is 12.1. The van der Waals surface area contributed by atoms with Crippen LogP contribution in [0.1, 0.15) is 30.9 Å². The Balaban J connectivity index is 1.95. The number of benzene rings is 1. The third-order valence-electron chi connectivity index (χ3n) is 3.15. The molecule has 16 heavy (non-hydrogen) atoms. The van der Waals surface area contributed by atoms with Gasteiger partial charge in [0.15, 0.2) is 0 Å². The zero-order valence-corrected chi connectivity index (χ0v) is 10.7. The van der Waals surface area contributed by atoms with Crippen LogP contribution in [0.4, 0.5) is 4.39 Å². The molecule has 1 aliphatic carbocycles. The predicted octanol–water partition coefficient (Wildman–Crippen LogP) is 4.08. The summed E-state index contributed by atoms with van der Waals surface area (Å²) in [6.07, 6.45) is 3.66. The predicted molar refractivity (Wildman–Crippen MR) is 66.2 cm³/mol. The molecule has 1 nitrogen and oxygen atoms in total. The molecule has 3 heteroatoms. The number of alkyl halides is 1. The lowest BCUT2D eigenvalue weighted by molar-refractivity contribution is 0.0207. The van der Waals surface area contributed by atoms with Crippen molar-refractivity contribution >= 4 is 15.9 Å². The quantitative estimate of drug-likeness (QED) is 0.741. The Bertz CT molecular complexity index is 338. The van der Waals surface area contributed by atoms with Crippen LogP contribution in [0.25, 0.3) is 0 Å². The lowest BCUT2D eigenvalue weighted by atomic mass is 9.86. The summed E-state index contributed by atoms with van der Waals surface area (Å²) in [6.45, 7) is 0.755. The van der Waals surface area contributed by atoms with Crippen LogP contribution >= 0.6 is 15.9 Å². The maximum atomic E-state index is 13.5. The smallest absolute Gasteiger partial charge is 0.129 e. The number of rotatable bonds is 5. The highest BCUT2D eigenvalue weighted by Gasteiger charge is 2.21. The van der Waals surface area contributed by atoms with E-state index in [4.69, 9.17) is 4.74 Å². The number of hydrogen-bond acceptors (Lipinski definition) is 1. The standard InChI is InChI=1S/C13H16BrFO/c14-8-13(16-9-10-4-3-5-10)11-6-1-2-7-12(11)15/h1-2,6-7,10,13H,3-5,8-9H2. The highest BCUT2D eigenvalue weighted by Crippen LogP contribution is 2.29. The molecule has 1 aliphatic rings. The Morgan fingerprint density at radius 3 is 2.69 bits per heavy atom. The van der Waals surface area contributed by atoms with Gasteiger partial charge in [0.25, 0.3) is 0 Å². The van der Waals surface area contributed by atoms with E-state index in [1.54, 1.807) is 12.1 Å². The van der Waals surface area contributed by atoms with E-state index in [0.29, 0.717) is 16.8 Å². The normalized spacial score (nSPS) is 18.1. The van der Waals surface area contributed by atoms with Crippen molar-refractivity contribution in [1.29, 1.82) is 0 Å². The van der Waals surface area contributed by atoms with E-state index in [-0.39, 0.29) is 11.9 Å². The summed E-state index contributed by atoms with van der Waals surface area (Å²) >= 11 is 3.39. The van der Waals surface area contributed by atoms with Crippen LogP contribution in [-0.4, -0.2) is 11.9 Å². The largest absolute Gasteiger partial charge is 0.372 e. The number of halogens is 2. The molecule has 1 atom stereocenters. The first-order valence-corrected chi connectivity index (χ1v) is 6.85. The molecule has 1 saturated carbocycles. The van der Waals surface area contributed by atoms with Crippen molar-refractivity contribution in [2.45, 2.75) is 25.4 Å². The molecule has 0 heterocycles. The molecule has 0 bridgehead atoms. The van der Waals surface area contributed by atoms with Gasteiger partial charge in [-0.2, -0.15) is 0 Å². The lowest BCUT2D eigenvalue weighted by Gasteiger charge is -2.27. The summed E-state index contributed by atoms with van der Waals surface area (Å²) in [5.41, 5.74) is 0.652. The summed E-state index contributed by atoms with van der Waals surface area (Å²) < 4.78 is 19.3. The average molecular weight is 287 g/mol. The number of ether oxygens (including phenoxy) is 1. The van der Waals surface area contributed by atoms with E-state index in [1.165, 1.54) is 25.3 Å². The van der Waals surface area contributed by atoms with Gasteiger partial charge in [0.05, 0.1) is 12.7 Å². The maximum Gasteiger partial charge on any atom is 0.129 e. The van der Waals surface area contributed by atoms with E-state index in [0.717, 1.165) is 6.61 Å². The second kappa shape index (κ2) is 5.78. The minimum atomic E-state index is -0.180. The summed E-state index contributed by atoms with van der Waals surface area (Å²) in [4.78, 5) is 0. The Labute approximate surface area is 104 Å². The molecule has 0 saturated heterocycles. The molecule has 0 aliphatic heterocycles. The highest BCUT2D eigenvalue weighted by atomic mass is 79.9. The van der Waals surface area contributed by atoms with E-state index >= 15 is 0 Å². The van der Waals surface area contributed by atoms with Gasteiger partial charge < -0.3 is 4.74 Å². The molecule has 1 aromatic carbocycles. The van der Waals surface area contributed by atoms with Crippen LogP contribution in [0, 0.1) is 11.7 Å². The van der Waals surface area contributed by atoms with Gasteiger partial charge in [-0.3, -0.25) is 0 Å². The van der Waals surface area contributed by atoms with E-state index in [2.05, 4.69) is 15.9 Å². The molecule has 1 fully saturated rings. The maximum absolute atomic E-state index is 13.5. The summed E-state index contributed by atoms with van der Waals surface area (Å²) in [7, 11) is 0. The Hall–Kier alpha value is -0.410. The van der Waals surface area contributed by atoms with Gasteiger partial charge in [0.1, 0.15) is 5.82 Å². The van der Waals surface area contributed by atoms with Crippen molar-refractivity contribution in [3.63, 3.8) is 0 Å². The van der Waals surface area contributed by atoms with Crippen LogP contribution in [-0.2, 0) is 4.74 Å². The second-order valence-corrected chi connectivity index (χ2v) is 4.94. The molecule has 0 amide bonds. The van der Waals surface area contributed by atoms with Crippen molar-refractivity contribution in [2.75, 3.05) is 11.9 Å². The van der Waals surface area contributed by atoms with Crippen molar-refractivity contribution in [3.8, 4) is 0 Å². The van der Waals surface area contributed by atoms with Gasteiger partial charge in [-0.05, 0) is 24.8 Å². The molecular formula is C13H16BrFO. The van der Waals surface area contributed by atoms with E-state index in [9.17, 15) is 4.39 Å². The van der Waals surface area contributed by atoms with Gasteiger partial charge in [-0.15, -0.1) is 0 Å². The average Bonchev–Trinajstić information content (AvgIpc) is 2.23. The molecular weight excluding hydrogens is 271 g/mol. The molecule has 1 aromatic rings. The lowest BCUT2D eigenvalue weighted by Crippen LogP contribution is -2.20. The summed E-state index contributed by atoms with van der Waals surface area (Å²) in [6, 6.07) is 6.83. The SMILES string of the molecule is Fc1ccccc1C(CBr)OCC1CCC1. The van der Waals surface area contributed by atoms with E-state index in [1.807, 2.05) is 6.07 Å². The fraction of sp³-hybridized carbons (Fsp3) is 0.538. The first-order valence-electron chi connectivity index (χ1n) is 5.73. The van der Waals surface area contributed by atoms with Crippen LogP contribution in [0.5, 0.6) is 0 Å². The Morgan fingerprint density at radius 2 is 2.12 bits per heavy atom. The third kappa shape index (κ3) is 2.83. The first-order chi connectivity index (χ1) is 7.81. The fourth-order valence-corrected chi connectivity index (χ4v) is 2.40. The fourth-order valence-electron chi connectivity index (χ4n) is 1.87. The Kier molecular flexibility index (Phi) is 4.36. The van der Waals surface area contributed by atoms with E-state index < -0.39 is 0 Å². The zero-order chi connectivity index (χ0) is 11.4. The molecule has 1 unspecified atom stereocenters. The van der Waals surface area contributed by atoms with Gasteiger partial charge in [-0.1, -0.05) is 40.5 Å². The van der Waals surface area contributed by atoms with Crippen molar-refractivity contribution in [1.82, 2.24) is 0 Å². The van der Waals surface area contributed by atoms with Crippen LogP contribution in [0.3, 0.4) is 0 Å². The highest BCUT2D eigenvalue weighted by molar-refractivity contribution is 9.09. The van der Waals surface area contributed by atoms with Gasteiger partial charge >= 0.3 is 0 Å². The molecule has 0 spiro atoms. The molecule has 0 N–H and O–H groups in total. The zero-order valence-electron chi connectivity index (χ0n) is 9.16. The van der Waals surface area contributed by atoms with Gasteiger partial charge in [0, 0.05) is 10.9 Å². The van der Waals surface area contributed by atoms with Crippen LogP contribution < -0.4 is 0 Å². The molecule has 0 radical (unpaired) electrons. The topological polar surface area (TPSA) is 9.23 Å². The number of hydrogen-bond donors (Lipinski definition) is 0. The van der Waals surface area contributed by atoms with Gasteiger partial charge in [-0.25, -0.2) is 4.39 Å².